The fraction of sp³-hybridized carbons (Fsp3) is 0.467. The number of nitro benzene ring substituents is 1. The highest BCUT2D eigenvalue weighted by molar-refractivity contribution is 6.00. The number of unbranched alkanes of at least 4 members (excludes halogenated alkanes) is 1. The highest BCUT2D eigenvalue weighted by Crippen LogP contribution is 2.34. The van der Waals surface area contributed by atoms with Crippen molar-refractivity contribution >= 4 is 17.6 Å². The van der Waals surface area contributed by atoms with E-state index < -0.39 is 28.5 Å². The molecule has 1 amide bonds. The van der Waals surface area contributed by atoms with Crippen molar-refractivity contribution in [2.45, 2.75) is 32.2 Å². The van der Waals surface area contributed by atoms with Crippen LogP contribution in [0.3, 0.4) is 0 Å². The van der Waals surface area contributed by atoms with Crippen molar-refractivity contribution in [2.75, 3.05) is 14.2 Å². The largest absolute Gasteiger partial charge is 0.493 e. The Kier molecular flexibility index (Phi) is 6.97. The molecule has 0 aromatic heterocycles. The number of carboxylic acids is 1. The third-order valence-corrected chi connectivity index (χ3v) is 3.39. The van der Waals surface area contributed by atoms with Gasteiger partial charge in [0.1, 0.15) is 11.6 Å². The molecule has 24 heavy (non-hydrogen) atoms. The maximum atomic E-state index is 12.3. The Morgan fingerprint density at radius 2 is 1.88 bits per heavy atom. The second-order valence-corrected chi connectivity index (χ2v) is 4.99. The van der Waals surface area contributed by atoms with E-state index in [1.807, 2.05) is 6.92 Å². The normalized spacial score (nSPS) is 11.5. The molecule has 0 saturated carbocycles. The third-order valence-electron chi connectivity index (χ3n) is 3.39. The van der Waals surface area contributed by atoms with Crippen LogP contribution in [0.2, 0.25) is 0 Å². The van der Waals surface area contributed by atoms with Gasteiger partial charge in [-0.25, -0.2) is 4.79 Å². The molecule has 0 radical (unpaired) electrons. The lowest BCUT2D eigenvalue weighted by molar-refractivity contribution is -0.385. The minimum absolute atomic E-state index is 0.0986. The second-order valence-electron chi connectivity index (χ2n) is 4.99. The molecule has 0 fully saturated rings. The van der Waals surface area contributed by atoms with Gasteiger partial charge in [-0.05, 0) is 6.42 Å². The molecule has 0 bridgehead atoms. The van der Waals surface area contributed by atoms with Gasteiger partial charge in [-0.3, -0.25) is 14.9 Å². The Hall–Kier alpha value is -2.84. The van der Waals surface area contributed by atoms with Crippen molar-refractivity contribution < 1.29 is 29.1 Å². The van der Waals surface area contributed by atoms with Crippen molar-refractivity contribution in [2.24, 2.45) is 0 Å². The zero-order chi connectivity index (χ0) is 18.3. The summed E-state index contributed by atoms with van der Waals surface area (Å²) in [6.45, 7) is 1.89. The van der Waals surface area contributed by atoms with Gasteiger partial charge < -0.3 is 19.9 Å². The van der Waals surface area contributed by atoms with Crippen molar-refractivity contribution in [3.05, 3.63) is 27.8 Å². The number of carbonyl (C=O) groups excluding carboxylic acids is 1. The first-order chi connectivity index (χ1) is 11.3. The predicted molar refractivity (Wildman–Crippen MR) is 84.6 cm³/mol. The Labute approximate surface area is 138 Å². The van der Waals surface area contributed by atoms with Crippen molar-refractivity contribution in [3.63, 3.8) is 0 Å². The van der Waals surface area contributed by atoms with Gasteiger partial charge in [-0.2, -0.15) is 0 Å². The van der Waals surface area contributed by atoms with E-state index in [1.165, 1.54) is 14.2 Å². The molecular formula is C15H20N2O7. The highest BCUT2D eigenvalue weighted by Gasteiger charge is 2.27. The van der Waals surface area contributed by atoms with Gasteiger partial charge in [0.15, 0.2) is 11.5 Å². The van der Waals surface area contributed by atoms with Gasteiger partial charge in [0.25, 0.3) is 11.6 Å². The molecule has 1 rings (SSSR count). The van der Waals surface area contributed by atoms with E-state index in [0.29, 0.717) is 6.42 Å². The van der Waals surface area contributed by atoms with Crippen LogP contribution in [-0.2, 0) is 4.79 Å². The van der Waals surface area contributed by atoms with Crippen LogP contribution in [0, 0.1) is 10.1 Å². The summed E-state index contributed by atoms with van der Waals surface area (Å²) in [5.41, 5.74) is -0.787. The SMILES string of the molecule is CCCC[C@H](NC(=O)c1cc(OC)c(OC)cc1[N+](=O)[O-])C(=O)O. The zero-order valence-electron chi connectivity index (χ0n) is 13.7. The molecule has 2 N–H and O–H groups in total. The van der Waals surface area contributed by atoms with Crippen molar-refractivity contribution in [1.82, 2.24) is 5.32 Å². The number of rotatable bonds is 9. The van der Waals surface area contributed by atoms with E-state index in [1.54, 1.807) is 0 Å². The van der Waals surface area contributed by atoms with Crippen LogP contribution in [0.5, 0.6) is 11.5 Å². The number of ether oxygens (including phenoxy) is 2. The second kappa shape index (κ2) is 8.70. The Bertz CT molecular complexity index is 630. The molecule has 1 aromatic carbocycles. The molecule has 1 atom stereocenters. The van der Waals surface area contributed by atoms with Gasteiger partial charge in [0, 0.05) is 6.07 Å². The number of hydrogen-bond acceptors (Lipinski definition) is 6. The van der Waals surface area contributed by atoms with Gasteiger partial charge >= 0.3 is 5.97 Å². The molecule has 0 aliphatic rings. The van der Waals surface area contributed by atoms with Crippen LogP contribution in [0.25, 0.3) is 0 Å². The number of nitrogens with zero attached hydrogens (tertiary/aromatic N) is 1. The summed E-state index contributed by atoms with van der Waals surface area (Å²) in [4.78, 5) is 34.0. The fourth-order valence-corrected chi connectivity index (χ4v) is 2.10. The molecule has 0 heterocycles. The number of carbonyl (C=O) groups is 2. The summed E-state index contributed by atoms with van der Waals surface area (Å²) < 4.78 is 10.0. The topological polar surface area (TPSA) is 128 Å². The zero-order valence-corrected chi connectivity index (χ0v) is 13.7. The summed E-state index contributed by atoms with van der Waals surface area (Å²) in [5, 5.41) is 22.7. The van der Waals surface area contributed by atoms with E-state index in [9.17, 15) is 19.7 Å². The van der Waals surface area contributed by atoms with Gasteiger partial charge in [-0.15, -0.1) is 0 Å². The van der Waals surface area contributed by atoms with E-state index >= 15 is 0 Å². The first kappa shape index (κ1) is 19.2. The van der Waals surface area contributed by atoms with E-state index in [2.05, 4.69) is 5.32 Å². The molecule has 1 aromatic rings. The quantitative estimate of drug-likeness (QED) is 0.519. The molecule has 132 valence electrons. The molecule has 9 nitrogen and oxygen atoms in total. The Balaban J connectivity index is 3.20. The summed E-state index contributed by atoms with van der Waals surface area (Å²) in [6.07, 6.45) is 1.60. The smallest absolute Gasteiger partial charge is 0.326 e. The number of carboxylic acid groups (broad SMARTS) is 1. The van der Waals surface area contributed by atoms with Crippen molar-refractivity contribution in [1.29, 1.82) is 0 Å². The summed E-state index contributed by atoms with van der Waals surface area (Å²) in [6, 6.07) is 1.10. The Morgan fingerprint density at radius 3 is 2.33 bits per heavy atom. The van der Waals surface area contributed by atoms with Gasteiger partial charge in [-0.1, -0.05) is 19.8 Å². The maximum absolute atomic E-state index is 12.3. The predicted octanol–water partition coefficient (Wildman–Crippen LogP) is 1.99. The van der Waals surface area contributed by atoms with E-state index in [4.69, 9.17) is 14.6 Å². The van der Waals surface area contributed by atoms with Crippen LogP contribution in [0.15, 0.2) is 12.1 Å². The molecule has 0 spiro atoms. The van der Waals surface area contributed by atoms with Crippen LogP contribution >= 0.6 is 0 Å². The minimum atomic E-state index is -1.19. The standard InChI is InChI=1S/C15H20N2O7/c1-4-5-6-10(15(19)20)16-14(18)9-7-12(23-2)13(24-3)8-11(9)17(21)22/h7-8,10H,4-6H2,1-3H3,(H,16,18)(H,19,20)/t10-/m0/s1. The lowest BCUT2D eigenvalue weighted by Gasteiger charge is -2.15. The fourth-order valence-electron chi connectivity index (χ4n) is 2.10. The average Bonchev–Trinajstić information content (AvgIpc) is 2.56. The molecule has 9 heteroatoms. The van der Waals surface area contributed by atoms with Gasteiger partial charge in [0.2, 0.25) is 0 Å². The number of hydrogen-bond donors (Lipinski definition) is 2. The molecule has 0 unspecified atom stereocenters. The number of amides is 1. The number of aliphatic carboxylic acids is 1. The lowest BCUT2D eigenvalue weighted by Crippen LogP contribution is -2.40. The van der Waals surface area contributed by atoms with E-state index in [0.717, 1.165) is 18.6 Å². The molecule has 0 aliphatic heterocycles. The molecule has 0 saturated heterocycles. The summed E-state index contributed by atoms with van der Waals surface area (Å²) >= 11 is 0. The van der Waals surface area contributed by atoms with Gasteiger partial charge in [0.05, 0.1) is 25.2 Å². The van der Waals surface area contributed by atoms with Crippen LogP contribution in [0.1, 0.15) is 36.5 Å². The number of nitrogens with one attached hydrogen (secondary N) is 1. The molecule has 0 aliphatic carbocycles. The third kappa shape index (κ3) is 4.58. The molecular weight excluding hydrogens is 320 g/mol. The summed E-state index contributed by atoms with van der Waals surface area (Å²) in [7, 11) is 2.64. The monoisotopic (exact) mass is 340 g/mol. The maximum Gasteiger partial charge on any atom is 0.326 e. The number of methoxy groups -OCH3 is 2. The van der Waals surface area contributed by atoms with Crippen LogP contribution < -0.4 is 14.8 Å². The van der Waals surface area contributed by atoms with Crippen LogP contribution in [0.4, 0.5) is 5.69 Å². The Morgan fingerprint density at radius 1 is 1.29 bits per heavy atom. The first-order valence-corrected chi connectivity index (χ1v) is 7.29. The number of benzene rings is 1. The van der Waals surface area contributed by atoms with Crippen LogP contribution in [-0.4, -0.2) is 42.2 Å². The van der Waals surface area contributed by atoms with E-state index in [-0.39, 0.29) is 23.5 Å². The van der Waals surface area contributed by atoms with Crippen molar-refractivity contribution in [3.8, 4) is 11.5 Å². The lowest BCUT2D eigenvalue weighted by atomic mass is 10.1. The number of nitro groups is 1. The first-order valence-electron chi connectivity index (χ1n) is 7.29. The average molecular weight is 340 g/mol. The minimum Gasteiger partial charge on any atom is -0.493 e. The highest BCUT2D eigenvalue weighted by atomic mass is 16.6. The summed E-state index contributed by atoms with van der Waals surface area (Å²) in [5.74, 6) is -1.82.